The second kappa shape index (κ2) is 11.1. The Balaban J connectivity index is 0.00000148. The van der Waals surface area contributed by atoms with Crippen molar-refractivity contribution in [2.24, 2.45) is 0 Å². The average Bonchev–Trinajstić information content (AvgIpc) is 3.35. The number of fused-ring (bicyclic) bond motifs is 1. The molecule has 1 aromatic heterocycles. The Morgan fingerprint density at radius 3 is 2.42 bits per heavy atom. The molecule has 3 aromatic rings. The van der Waals surface area contributed by atoms with Crippen molar-refractivity contribution in [1.82, 2.24) is 20.2 Å². The Bertz CT molecular complexity index is 1260. The number of piperidine rings is 1. The van der Waals surface area contributed by atoms with E-state index in [0.29, 0.717) is 11.5 Å². The van der Waals surface area contributed by atoms with Crippen LogP contribution in [0.3, 0.4) is 0 Å². The molecule has 5 rings (SSSR count). The zero-order valence-corrected chi connectivity index (χ0v) is 22.1. The van der Waals surface area contributed by atoms with Gasteiger partial charge in [-0.1, -0.05) is 32.0 Å². The van der Waals surface area contributed by atoms with E-state index >= 15 is 0 Å². The molecule has 6 nitrogen and oxygen atoms in total. The van der Waals surface area contributed by atoms with Crippen LogP contribution in [0.5, 0.6) is 0 Å². The van der Waals surface area contributed by atoms with Gasteiger partial charge in [0.1, 0.15) is 5.82 Å². The van der Waals surface area contributed by atoms with E-state index in [1.165, 1.54) is 11.3 Å². The maximum Gasteiger partial charge on any atom is 0.254 e. The number of imidazole rings is 1. The predicted molar refractivity (Wildman–Crippen MR) is 144 cm³/mol. The molecule has 188 valence electrons. The van der Waals surface area contributed by atoms with Gasteiger partial charge >= 0.3 is 0 Å². The molecular formula is C30H37N5O. The highest BCUT2D eigenvalue weighted by Crippen LogP contribution is 2.32. The van der Waals surface area contributed by atoms with Crippen LogP contribution in [0.4, 0.5) is 0 Å². The van der Waals surface area contributed by atoms with Gasteiger partial charge in [-0.05, 0) is 74.4 Å². The molecule has 1 fully saturated rings. The molecule has 0 spiro atoms. The number of hydrogen-bond acceptors (Lipinski definition) is 4. The Morgan fingerprint density at radius 2 is 1.78 bits per heavy atom. The van der Waals surface area contributed by atoms with Gasteiger partial charge < -0.3 is 15.2 Å². The third kappa shape index (κ3) is 5.08. The third-order valence-corrected chi connectivity index (χ3v) is 7.40. The van der Waals surface area contributed by atoms with Crippen molar-refractivity contribution >= 4 is 5.91 Å². The molecule has 1 saturated heterocycles. The van der Waals surface area contributed by atoms with Crippen molar-refractivity contribution < 1.29 is 4.79 Å². The second-order valence-corrected chi connectivity index (χ2v) is 9.66. The topological polar surface area (TPSA) is 84.8 Å². The number of aryl methyl sites for hydroxylation is 2. The van der Waals surface area contributed by atoms with Gasteiger partial charge in [0.15, 0.2) is 0 Å². The Morgan fingerprint density at radius 1 is 1.08 bits per heavy atom. The molecule has 1 atom stereocenters. The molecule has 0 radical (unpaired) electrons. The van der Waals surface area contributed by atoms with E-state index in [4.69, 9.17) is 10.2 Å². The first-order chi connectivity index (χ1) is 17.4. The van der Waals surface area contributed by atoms with E-state index in [1.54, 1.807) is 0 Å². The van der Waals surface area contributed by atoms with Gasteiger partial charge in [-0.2, -0.15) is 5.26 Å². The van der Waals surface area contributed by atoms with Crippen LogP contribution in [0.25, 0.3) is 11.4 Å². The van der Waals surface area contributed by atoms with Gasteiger partial charge in [-0.15, -0.1) is 0 Å². The number of nitrogens with zero attached hydrogens (tertiary/aromatic N) is 3. The fourth-order valence-corrected chi connectivity index (χ4v) is 5.36. The van der Waals surface area contributed by atoms with Crippen molar-refractivity contribution in [3.8, 4) is 17.5 Å². The lowest BCUT2D eigenvalue weighted by atomic mass is 9.88. The number of nitrogens with one attached hydrogen (secondary N) is 2. The number of carbonyl (C=O) groups excluding carboxylic acids is 1. The minimum absolute atomic E-state index is 0.100. The second-order valence-electron chi connectivity index (χ2n) is 9.66. The molecule has 1 amide bonds. The molecule has 2 N–H and O–H groups in total. The van der Waals surface area contributed by atoms with Crippen LogP contribution < -0.4 is 5.32 Å². The van der Waals surface area contributed by atoms with E-state index in [9.17, 15) is 4.79 Å². The maximum atomic E-state index is 13.5. The average molecular weight is 484 g/mol. The molecular weight excluding hydrogens is 446 g/mol. The van der Waals surface area contributed by atoms with E-state index < -0.39 is 0 Å². The zero-order chi connectivity index (χ0) is 25.8. The number of rotatable bonds is 3. The number of H-pyrrole nitrogens is 1. The Labute approximate surface area is 214 Å². The van der Waals surface area contributed by atoms with Crippen LogP contribution in [0.15, 0.2) is 36.4 Å². The predicted octanol–water partition coefficient (Wildman–Crippen LogP) is 5.82. The zero-order valence-electron chi connectivity index (χ0n) is 22.1. The maximum absolute atomic E-state index is 13.5. The lowest BCUT2D eigenvalue weighted by molar-refractivity contribution is 0.0712. The number of benzene rings is 2. The minimum Gasteiger partial charge on any atom is -0.342 e. The first-order valence-electron chi connectivity index (χ1n) is 13.2. The summed E-state index contributed by atoms with van der Waals surface area (Å²) in [5, 5.41) is 12.5. The lowest BCUT2D eigenvalue weighted by Crippen LogP contribution is -2.38. The van der Waals surface area contributed by atoms with Crippen LogP contribution in [0.2, 0.25) is 0 Å². The largest absolute Gasteiger partial charge is 0.342 e. The number of aromatic amines is 1. The third-order valence-electron chi connectivity index (χ3n) is 7.40. The van der Waals surface area contributed by atoms with E-state index in [-0.39, 0.29) is 11.9 Å². The minimum atomic E-state index is 0.100. The highest BCUT2D eigenvalue weighted by Gasteiger charge is 2.27. The summed E-state index contributed by atoms with van der Waals surface area (Å²) in [6.45, 7) is 12.7. The summed E-state index contributed by atoms with van der Waals surface area (Å²) in [4.78, 5) is 23.9. The summed E-state index contributed by atoms with van der Waals surface area (Å²) in [5.74, 6) is 1.38. The van der Waals surface area contributed by atoms with Crippen molar-refractivity contribution in [1.29, 1.82) is 5.26 Å². The summed E-state index contributed by atoms with van der Waals surface area (Å²) >= 11 is 0. The van der Waals surface area contributed by atoms with E-state index in [1.807, 2.05) is 43.9 Å². The monoisotopic (exact) mass is 483 g/mol. The summed E-state index contributed by atoms with van der Waals surface area (Å²) in [7, 11) is 0. The number of hydrogen-bond donors (Lipinski definition) is 2. The van der Waals surface area contributed by atoms with Crippen molar-refractivity contribution in [2.45, 2.75) is 65.8 Å². The number of aromatic nitrogens is 2. The van der Waals surface area contributed by atoms with Gasteiger partial charge in [-0.25, -0.2) is 4.98 Å². The van der Waals surface area contributed by atoms with Crippen molar-refractivity contribution in [3.63, 3.8) is 0 Å². The molecule has 0 bridgehead atoms. The normalized spacial score (nSPS) is 17.6. The van der Waals surface area contributed by atoms with Crippen LogP contribution in [0.1, 0.15) is 89.6 Å². The Hall–Kier alpha value is -3.43. The number of likely N-dealkylation sites (tertiary alicyclic amines) is 1. The number of nitriles is 1. The quantitative estimate of drug-likeness (QED) is 0.492. The summed E-state index contributed by atoms with van der Waals surface area (Å²) in [6.07, 6.45) is 2.81. The molecule has 1 unspecified atom stereocenters. The van der Waals surface area contributed by atoms with E-state index in [2.05, 4.69) is 48.4 Å². The smallest absolute Gasteiger partial charge is 0.254 e. The fourth-order valence-electron chi connectivity index (χ4n) is 5.36. The van der Waals surface area contributed by atoms with Gasteiger partial charge in [0.05, 0.1) is 17.3 Å². The molecule has 2 aliphatic rings. The first kappa shape index (κ1) is 25.7. The summed E-state index contributed by atoms with van der Waals surface area (Å²) in [6, 6.07) is 14.4. The fraction of sp³-hybridized carbons (Fsp3) is 0.433. The van der Waals surface area contributed by atoms with E-state index in [0.717, 1.165) is 72.7 Å². The molecule has 2 aliphatic heterocycles. The number of carbonyl (C=O) groups is 1. The molecule has 0 aliphatic carbocycles. The highest BCUT2D eigenvalue weighted by atomic mass is 16.2. The van der Waals surface area contributed by atoms with Crippen molar-refractivity contribution in [3.05, 3.63) is 75.6 Å². The Kier molecular flexibility index (Phi) is 7.91. The molecule has 0 saturated carbocycles. The summed E-state index contributed by atoms with van der Waals surface area (Å²) < 4.78 is 0. The SMILES string of the molecule is CC.Cc1cc(C)c(-c2nc3c([nH]2)CCNC3C)cc1C(=O)N1CCC(c2ccc(C#N)cc2)CC1. The molecule has 2 aromatic carbocycles. The van der Waals surface area contributed by atoms with Gasteiger partial charge in [0.25, 0.3) is 5.91 Å². The van der Waals surface area contributed by atoms with Crippen LogP contribution in [0, 0.1) is 25.2 Å². The highest BCUT2D eigenvalue weighted by molar-refractivity contribution is 5.97. The standard InChI is InChI=1S/C28H31N5O.C2H6/c1-17-14-18(2)24(15-23(17)27-31-25-8-11-30-19(3)26(25)32-27)28(34)33-12-9-22(10-13-33)21-6-4-20(16-29)5-7-21;1-2/h4-7,14-15,19,22,30H,8-13H2,1-3H3,(H,31,32);1-2H3. The van der Waals surface area contributed by atoms with Crippen LogP contribution in [-0.2, 0) is 6.42 Å². The van der Waals surface area contributed by atoms with Crippen molar-refractivity contribution in [2.75, 3.05) is 19.6 Å². The van der Waals surface area contributed by atoms with Crippen LogP contribution >= 0.6 is 0 Å². The van der Waals surface area contributed by atoms with Gasteiger partial charge in [-0.3, -0.25) is 4.79 Å². The molecule has 36 heavy (non-hydrogen) atoms. The lowest BCUT2D eigenvalue weighted by Gasteiger charge is -2.32. The molecule has 6 heteroatoms. The molecule has 3 heterocycles. The van der Waals surface area contributed by atoms with Gasteiger partial charge in [0.2, 0.25) is 0 Å². The summed E-state index contributed by atoms with van der Waals surface area (Å²) in [5.41, 5.74) is 8.11. The number of amides is 1. The van der Waals surface area contributed by atoms with Gasteiger partial charge in [0, 0.05) is 48.9 Å². The first-order valence-corrected chi connectivity index (χ1v) is 13.2. The van der Waals surface area contributed by atoms with Crippen LogP contribution in [-0.4, -0.2) is 40.4 Å².